The highest BCUT2D eigenvalue weighted by Crippen LogP contribution is 2.60. The van der Waals surface area contributed by atoms with E-state index in [0.717, 1.165) is 53.8 Å². The fraction of sp³-hybridized carbons (Fsp3) is 0.464. The third-order valence-corrected chi connectivity index (χ3v) is 9.24. The highest BCUT2D eigenvalue weighted by atomic mass is 32.2. The van der Waals surface area contributed by atoms with Crippen molar-refractivity contribution in [3.63, 3.8) is 0 Å². The van der Waals surface area contributed by atoms with Crippen LogP contribution in [0.2, 0.25) is 0 Å². The Morgan fingerprint density at radius 1 is 1.03 bits per heavy atom. The van der Waals surface area contributed by atoms with Crippen LogP contribution in [-0.4, -0.2) is 21.1 Å². The minimum Gasteiger partial charge on any atom is -0.298 e. The van der Waals surface area contributed by atoms with Gasteiger partial charge in [0, 0.05) is 5.41 Å². The maximum Gasteiger partial charge on any atom is 0.266 e. The second-order valence-electron chi connectivity index (χ2n) is 10.8. The molecule has 170 valence electrons. The predicted molar refractivity (Wildman–Crippen MR) is 133 cm³/mol. The quantitative estimate of drug-likeness (QED) is 0.354. The first-order valence-electron chi connectivity index (χ1n) is 12.2. The molecule has 0 N–H and O–H groups in total. The number of carbonyl (C=O) groups excluding carboxylic acids is 1. The van der Waals surface area contributed by atoms with Crippen LogP contribution in [-0.2, 0) is 4.79 Å². The Morgan fingerprint density at radius 2 is 1.70 bits per heavy atom. The predicted octanol–water partition coefficient (Wildman–Crippen LogP) is 5.88. The molecule has 4 aliphatic rings. The number of ketones is 1. The highest BCUT2D eigenvalue weighted by molar-refractivity contribution is 7.99. The minimum atomic E-state index is -0.122. The van der Waals surface area contributed by atoms with E-state index in [2.05, 4.69) is 13.0 Å². The molecule has 4 nitrogen and oxygen atoms in total. The van der Waals surface area contributed by atoms with E-state index in [0.29, 0.717) is 27.6 Å². The standard InChI is InChI=1S/C28H30N2O2S/c1-17-7-8-24(18(2)9-17)30-26(32)22-5-3-4-6-23(22)29-27(30)33-16-25(31)28-13-19-10-20(14-28)12-21(11-19)15-28/h3-9,19-21H,10-16H2,1-2H3. The lowest BCUT2D eigenvalue weighted by atomic mass is 9.48. The lowest BCUT2D eigenvalue weighted by Gasteiger charge is -2.56. The fourth-order valence-corrected chi connectivity index (χ4v) is 8.25. The average Bonchev–Trinajstić information content (AvgIpc) is 2.77. The van der Waals surface area contributed by atoms with Crippen LogP contribution < -0.4 is 5.56 Å². The molecule has 0 aliphatic heterocycles. The molecule has 1 heterocycles. The smallest absolute Gasteiger partial charge is 0.266 e. The molecule has 0 saturated heterocycles. The minimum absolute atomic E-state index is 0.0719. The second kappa shape index (κ2) is 7.83. The fourth-order valence-electron chi connectivity index (χ4n) is 7.21. The van der Waals surface area contributed by atoms with Crippen molar-refractivity contribution in [3.8, 4) is 5.69 Å². The lowest BCUT2D eigenvalue weighted by molar-refractivity contribution is -0.141. The molecule has 4 saturated carbocycles. The van der Waals surface area contributed by atoms with Crippen LogP contribution in [0.3, 0.4) is 0 Å². The molecule has 4 fully saturated rings. The molecular formula is C28H30N2O2S. The van der Waals surface area contributed by atoms with Gasteiger partial charge in [0.1, 0.15) is 5.78 Å². The van der Waals surface area contributed by atoms with Gasteiger partial charge in [0.05, 0.1) is 22.3 Å². The van der Waals surface area contributed by atoms with E-state index in [9.17, 15) is 9.59 Å². The molecule has 0 radical (unpaired) electrons. The lowest BCUT2D eigenvalue weighted by Crippen LogP contribution is -2.50. The van der Waals surface area contributed by atoms with E-state index in [4.69, 9.17) is 4.98 Å². The maximum atomic E-state index is 13.6. The number of aromatic nitrogens is 2. The number of hydrogen-bond donors (Lipinski definition) is 0. The maximum absolute atomic E-state index is 13.6. The number of carbonyl (C=O) groups is 1. The summed E-state index contributed by atoms with van der Waals surface area (Å²) in [5, 5.41) is 1.22. The summed E-state index contributed by atoms with van der Waals surface area (Å²) in [4.78, 5) is 32.1. The largest absolute Gasteiger partial charge is 0.298 e. The van der Waals surface area contributed by atoms with Gasteiger partial charge in [0.15, 0.2) is 5.16 Å². The molecule has 5 heteroatoms. The van der Waals surface area contributed by atoms with Crippen LogP contribution in [0, 0.1) is 37.0 Å². The van der Waals surface area contributed by atoms with Gasteiger partial charge in [-0.15, -0.1) is 0 Å². The van der Waals surface area contributed by atoms with Gasteiger partial charge in [-0.1, -0.05) is 41.6 Å². The summed E-state index contributed by atoms with van der Waals surface area (Å²) in [6.45, 7) is 4.08. The Balaban J connectivity index is 1.37. The van der Waals surface area contributed by atoms with Crippen LogP contribution in [0.5, 0.6) is 0 Å². The molecule has 7 rings (SSSR count). The Bertz CT molecular complexity index is 1290. The zero-order valence-electron chi connectivity index (χ0n) is 19.3. The van der Waals surface area contributed by atoms with Gasteiger partial charge in [0.2, 0.25) is 0 Å². The molecule has 1 aromatic heterocycles. The zero-order valence-corrected chi connectivity index (χ0v) is 20.2. The van der Waals surface area contributed by atoms with Gasteiger partial charge in [-0.25, -0.2) is 4.98 Å². The van der Waals surface area contributed by atoms with Crippen molar-refractivity contribution < 1.29 is 4.79 Å². The van der Waals surface area contributed by atoms with Gasteiger partial charge < -0.3 is 0 Å². The van der Waals surface area contributed by atoms with Crippen molar-refractivity contribution in [2.45, 2.75) is 57.5 Å². The van der Waals surface area contributed by atoms with E-state index < -0.39 is 0 Å². The van der Waals surface area contributed by atoms with Crippen LogP contribution in [0.25, 0.3) is 16.6 Å². The van der Waals surface area contributed by atoms with E-state index >= 15 is 0 Å². The summed E-state index contributed by atoms with van der Waals surface area (Å²) in [5.41, 5.74) is 3.52. The van der Waals surface area contributed by atoms with Crippen LogP contribution in [0.15, 0.2) is 52.4 Å². The number of Topliss-reactive ketones (excluding diaryl/α,β-unsaturated/α-hetero) is 1. The number of fused-ring (bicyclic) bond motifs is 1. The van der Waals surface area contributed by atoms with Gasteiger partial charge in [0.25, 0.3) is 5.56 Å². The summed E-state index contributed by atoms with van der Waals surface area (Å²) in [6, 6.07) is 13.6. The molecular weight excluding hydrogens is 428 g/mol. The van der Waals surface area contributed by atoms with Crippen molar-refractivity contribution in [1.82, 2.24) is 9.55 Å². The molecule has 4 aliphatic carbocycles. The SMILES string of the molecule is Cc1ccc(-n2c(SCC(=O)C34CC5CC(CC(C5)C3)C4)nc3ccccc3c2=O)c(C)c1. The number of hydrogen-bond acceptors (Lipinski definition) is 4. The number of nitrogens with zero attached hydrogens (tertiary/aromatic N) is 2. The number of para-hydroxylation sites is 1. The van der Waals surface area contributed by atoms with Crippen molar-refractivity contribution in [2.75, 3.05) is 5.75 Å². The average molecular weight is 459 g/mol. The molecule has 33 heavy (non-hydrogen) atoms. The summed E-state index contributed by atoms with van der Waals surface area (Å²) in [7, 11) is 0. The molecule has 2 aromatic carbocycles. The Morgan fingerprint density at radius 3 is 2.36 bits per heavy atom. The summed E-state index contributed by atoms with van der Waals surface area (Å²) >= 11 is 1.44. The third-order valence-electron chi connectivity index (χ3n) is 8.30. The topological polar surface area (TPSA) is 52.0 Å². The van der Waals surface area contributed by atoms with Gasteiger partial charge in [-0.3, -0.25) is 14.2 Å². The zero-order chi connectivity index (χ0) is 22.7. The van der Waals surface area contributed by atoms with Crippen LogP contribution in [0.4, 0.5) is 0 Å². The van der Waals surface area contributed by atoms with Gasteiger partial charge >= 0.3 is 0 Å². The molecule has 0 unspecified atom stereocenters. The van der Waals surface area contributed by atoms with Crippen molar-refractivity contribution in [3.05, 3.63) is 63.9 Å². The van der Waals surface area contributed by atoms with Crippen molar-refractivity contribution in [1.29, 1.82) is 0 Å². The van der Waals surface area contributed by atoms with Gasteiger partial charge in [-0.2, -0.15) is 0 Å². The Kier molecular flexibility index (Phi) is 5.02. The Labute approximate surface area is 198 Å². The highest BCUT2D eigenvalue weighted by Gasteiger charge is 2.54. The van der Waals surface area contributed by atoms with Gasteiger partial charge in [-0.05, 0) is 93.9 Å². The summed E-state index contributed by atoms with van der Waals surface area (Å²) in [6.07, 6.45) is 7.22. The monoisotopic (exact) mass is 458 g/mol. The molecule has 3 aromatic rings. The Hall–Kier alpha value is -2.40. The first-order chi connectivity index (χ1) is 15.9. The normalized spacial score (nSPS) is 27.9. The van der Waals surface area contributed by atoms with Crippen LogP contribution in [0.1, 0.15) is 49.7 Å². The molecule has 0 amide bonds. The first-order valence-corrected chi connectivity index (χ1v) is 13.2. The summed E-state index contributed by atoms with van der Waals surface area (Å²) in [5.74, 6) is 3.01. The van der Waals surface area contributed by atoms with Crippen LogP contribution >= 0.6 is 11.8 Å². The van der Waals surface area contributed by atoms with E-state index in [1.807, 2.05) is 43.3 Å². The molecule has 0 spiro atoms. The van der Waals surface area contributed by atoms with E-state index in [1.165, 1.54) is 31.0 Å². The number of thioether (sulfide) groups is 1. The van der Waals surface area contributed by atoms with E-state index in [1.54, 1.807) is 4.57 Å². The van der Waals surface area contributed by atoms with E-state index in [-0.39, 0.29) is 11.0 Å². The van der Waals surface area contributed by atoms with Crippen molar-refractivity contribution >= 4 is 28.4 Å². The third kappa shape index (κ3) is 3.56. The molecule has 4 bridgehead atoms. The summed E-state index contributed by atoms with van der Waals surface area (Å²) < 4.78 is 1.72. The number of rotatable bonds is 5. The second-order valence-corrected chi connectivity index (χ2v) is 11.7. The number of aryl methyl sites for hydroxylation is 2. The first kappa shape index (κ1) is 21.2. The number of benzene rings is 2. The molecule has 0 atom stereocenters. The van der Waals surface area contributed by atoms with Crippen molar-refractivity contribution in [2.24, 2.45) is 23.2 Å².